The van der Waals surface area contributed by atoms with Gasteiger partial charge in [-0.3, -0.25) is 4.68 Å². The highest BCUT2D eigenvalue weighted by Crippen LogP contribution is 2.16. The third kappa shape index (κ3) is 4.67. The summed E-state index contributed by atoms with van der Waals surface area (Å²) in [7, 11) is 1.96. The van der Waals surface area contributed by atoms with Gasteiger partial charge < -0.3 is 5.32 Å². The summed E-state index contributed by atoms with van der Waals surface area (Å²) in [4.78, 5) is 4.37. The Morgan fingerprint density at radius 3 is 2.57 bits per heavy atom. The number of aromatic nitrogens is 3. The first-order valence-electron chi connectivity index (χ1n) is 7.67. The summed E-state index contributed by atoms with van der Waals surface area (Å²) in [6.07, 6.45) is 3.65. The van der Waals surface area contributed by atoms with Crippen molar-refractivity contribution in [1.29, 1.82) is 0 Å². The first-order chi connectivity index (χ1) is 10.1. The molecule has 4 nitrogen and oxygen atoms in total. The van der Waals surface area contributed by atoms with E-state index in [1.54, 1.807) is 6.33 Å². The van der Waals surface area contributed by atoms with Gasteiger partial charge in [0.1, 0.15) is 12.2 Å². The minimum Gasteiger partial charge on any atom is -0.314 e. The maximum atomic E-state index is 4.37. The molecule has 0 radical (unpaired) electrons. The molecule has 0 aliphatic carbocycles. The number of nitrogens with zero attached hydrogens (tertiary/aromatic N) is 3. The van der Waals surface area contributed by atoms with Crippen molar-refractivity contribution >= 4 is 0 Å². The lowest BCUT2D eigenvalue weighted by Crippen LogP contribution is -2.31. The predicted octanol–water partition coefficient (Wildman–Crippen LogP) is 2.52. The van der Waals surface area contributed by atoms with E-state index in [9.17, 15) is 0 Å². The van der Waals surface area contributed by atoms with Crippen molar-refractivity contribution in [2.45, 2.75) is 39.7 Å². The zero-order chi connectivity index (χ0) is 15.2. The van der Waals surface area contributed by atoms with Crippen LogP contribution in [0, 0.1) is 12.8 Å². The number of rotatable bonds is 7. The first kappa shape index (κ1) is 15.7. The van der Waals surface area contributed by atoms with Gasteiger partial charge in [-0.05, 0) is 36.9 Å². The Labute approximate surface area is 127 Å². The lowest BCUT2D eigenvalue weighted by molar-refractivity contribution is 0.430. The molecule has 0 spiro atoms. The van der Waals surface area contributed by atoms with Gasteiger partial charge in [-0.1, -0.05) is 38.1 Å². The monoisotopic (exact) mass is 286 g/mol. The molecule has 0 saturated heterocycles. The van der Waals surface area contributed by atoms with Gasteiger partial charge in [0.15, 0.2) is 0 Å². The van der Waals surface area contributed by atoms with Crippen molar-refractivity contribution in [2.24, 2.45) is 13.0 Å². The molecule has 2 rings (SSSR count). The normalized spacial score (nSPS) is 12.8. The third-order valence-electron chi connectivity index (χ3n) is 3.86. The summed E-state index contributed by atoms with van der Waals surface area (Å²) >= 11 is 0. The zero-order valence-electron chi connectivity index (χ0n) is 13.5. The average molecular weight is 286 g/mol. The summed E-state index contributed by atoms with van der Waals surface area (Å²) in [6, 6.07) is 9.14. The molecule has 2 aromatic rings. The third-order valence-corrected chi connectivity index (χ3v) is 3.86. The molecule has 1 aromatic heterocycles. The highest BCUT2D eigenvalue weighted by atomic mass is 15.3. The highest BCUT2D eigenvalue weighted by Gasteiger charge is 2.15. The van der Waals surface area contributed by atoms with Crippen LogP contribution in [0.2, 0.25) is 0 Å². The molecule has 0 saturated carbocycles. The van der Waals surface area contributed by atoms with Crippen LogP contribution in [0.15, 0.2) is 30.6 Å². The Bertz CT molecular complexity index is 559. The van der Waals surface area contributed by atoms with Gasteiger partial charge in [0, 0.05) is 19.5 Å². The molecular formula is C17H26N4. The molecule has 0 aliphatic rings. The fourth-order valence-electron chi connectivity index (χ4n) is 2.53. The van der Waals surface area contributed by atoms with Gasteiger partial charge in [0.2, 0.25) is 0 Å². The number of benzene rings is 1. The molecule has 4 heteroatoms. The van der Waals surface area contributed by atoms with Crippen molar-refractivity contribution < 1.29 is 0 Å². The van der Waals surface area contributed by atoms with Crippen molar-refractivity contribution in [3.8, 4) is 0 Å². The molecule has 1 heterocycles. The van der Waals surface area contributed by atoms with Crippen LogP contribution in [0.3, 0.4) is 0 Å². The molecular weight excluding hydrogens is 260 g/mol. The summed E-state index contributed by atoms with van der Waals surface area (Å²) in [5.74, 6) is 1.58. The molecule has 1 unspecified atom stereocenters. The maximum absolute atomic E-state index is 4.37. The van der Waals surface area contributed by atoms with E-state index >= 15 is 0 Å². The fourth-order valence-corrected chi connectivity index (χ4v) is 2.53. The molecule has 1 atom stereocenters. The summed E-state index contributed by atoms with van der Waals surface area (Å²) in [5.41, 5.74) is 2.79. The molecule has 0 fully saturated rings. The van der Waals surface area contributed by atoms with Gasteiger partial charge in [0.05, 0.1) is 0 Å². The second kappa shape index (κ2) is 7.36. The fraction of sp³-hybridized carbons (Fsp3) is 0.529. The standard InChI is InChI=1S/C17H26N4/c1-13(2)18-11-15(10-17-19-12-20-21(17)4)9-16-8-6-5-7-14(16)3/h5-8,12-13,15,18H,9-11H2,1-4H3. The number of aryl methyl sites for hydroxylation is 2. The van der Waals surface area contributed by atoms with Crippen LogP contribution in [-0.2, 0) is 19.9 Å². The van der Waals surface area contributed by atoms with E-state index in [2.05, 4.69) is 60.4 Å². The lowest BCUT2D eigenvalue weighted by Gasteiger charge is -2.20. The Hall–Kier alpha value is -1.68. The second-order valence-corrected chi connectivity index (χ2v) is 6.06. The topological polar surface area (TPSA) is 42.7 Å². The van der Waals surface area contributed by atoms with E-state index in [1.807, 2.05) is 11.7 Å². The number of hydrogen-bond donors (Lipinski definition) is 1. The number of nitrogens with one attached hydrogen (secondary N) is 1. The van der Waals surface area contributed by atoms with E-state index in [4.69, 9.17) is 0 Å². The zero-order valence-corrected chi connectivity index (χ0v) is 13.5. The molecule has 0 aliphatic heterocycles. The SMILES string of the molecule is Cc1ccccc1CC(CNC(C)C)Cc1ncnn1C. The Kier molecular flexibility index (Phi) is 5.51. The van der Waals surface area contributed by atoms with Gasteiger partial charge in [-0.15, -0.1) is 0 Å². The Balaban J connectivity index is 2.08. The van der Waals surface area contributed by atoms with Crippen LogP contribution in [0.4, 0.5) is 0 Å². The van der Waals surface area contributed by atoms with Crippen LogP contribution in [0.25, 0.3) is 0 Å². The van der Waals surface area contributed by atoms with Crippen LogP contribution < -0.4 is 5.32 Å². The van der Waals surface area contributed by atoms with E-state index in [-0.39, 0.29) is 0 Å². The summed E-state index contributed by atoms with van der Waals surface area (Å²) in [5, 5.41) is 7.73. The van der Waals surface area contributed by atoms with E-state index in [0.717, 1.165) is 25.2 Å². The Morgan fingerprint density at radius 2 is 1.95 bits per heavy atom. The molecule has 0 bridgehead atoms. The summed E-state index contributed by atoms with van der Waals surface area (Å²) < 4.78 is 1.88. The minimum absolute atomic E-state index is 0.504. The predicted molar refractivity (Wildman–Crippen MR) is 86.2 cm³/mol. The molecule has 114 valence electrons. The number of hydrogen-bond acceptors (Lipinski definition) is 3. The molecule has 0 amide bonds. The van der Waals surface area contributed by atoms with Crippen LogP contribution in [-0.4, -0.2) is 27.4 Å². The largest absolute Gasteiger partial charge is 0.314 e. The van der Waals surface area contributed by atoms with Crippen molar-refractivity contribution in [3.05, 3.63) is 47.5 Å². The molecule has 1 N–H and O–H groups in total. The van der Waals surface area contributed by atoms with Crippen molar-refractivity contribution in [1.82, 2.24) is 20.1 Å². The van der Waals surface area contributed by atoms with Crippen molar-refractivity contribution in [2.75, 3.05) is 6.54 Å². The second-order valence-electron chi connectivity index (χ2n) is 6.06. The van der Waals surface area contributed by atoms with Gasteiger partial charge in [0.25, 0.3) is 0 Å². The van der Waals surface area contributed by atoms with E-state index in [0.29, 0.717) is 12.0 Å². The first-order valence-corrected chi connectivity index (χ1v) is 7.67. The van der Waals surface area contributed by atoms with Crippen LogP contribution in [0.1, 0.15) is 30.8 Å². The minimum atomic E-state index is 0.504. The van der Waals surface area contributed by atoms with Gasteiger partial charge in [-0.2, -0.15) is 5.10 Å². The Morgan fingerprint density at radius 1 is 1.19 bits per heavy atom. The van der Waals surface area contributed by atoms with Crippen LogP contribution in [0.5, 0.6) is 0 Å². The van der Waals surface area contributed by atoms with E-state index in [1.165, 1.54) is 11.1 Å². The van der Waals surface area contributed by atoms with Crippen molar-refractivity contribution in [3.63, 3.8) is 0 Å². The summed E-state index contributed by atoms with van der Waals surface area (Å²) in [6.45, 7) is 7.56. The average Bonchev–Trinajstić information content (AvgIpc) is 2.84. The molecule has 21 heavy (non-hydrogen) atoms. The van der Waals surface area contributed by atoms with Crippen LogP contribution >= 0.6 is 0 Å². The highest BCUT2D eigenvalue weighted by molar-refractivity contribution is 5.26. The molecule has 1 aromatic carbocycles. The quantitative estimate of drug-likeness (QED) is 0.850. The van der Waals surface area contributed by atoms with E-state index < -0.39 is 0 Å². The van der Waals surface area contributed by atoms with Gasteiger partial charge in [-0.25, -0.2) is 4.98 Å². The maximum Gasteiger partial charge on any atom is 0.138 e. The smallest absolute Gasteiger partial charge is 0.138 e. The van der Waals surface area contributed by atoms with Gasteiger partial charge >= 0.3 is 0 Å². The lowest BCUT2D eigenvalue weighted by atomic mass is 9.93.